The van der Waals surface area contributed by atoms with Gasteiger partial charge in [-0.2, -0.15) is 5.10 Å². The van der Waals surface area contributed by atoms with Gasteiger partial charge in [-0.15, -0.1) is 0 Å². The summed E-state index contributed by atoms with van der Waals surface area (Å²) in [5.41, 5.74) is 5.84. The Balaban J connectivity index is 1.43. The average molecular weight is 593 g/mol. The molecule has 0 aromatic heterocycles. The van der Waals surface area contributed by atoms with E-state index in [1.807, 2.05) is 36.4 Å². The summed E-state index contributed by atoms with van der Waals surface area (Å²) >= 11 is 19.6. The molecule has 0 saturated heterocycles. The number of hydrogen-bond donors (Lipinski definition) is 1. The van der Waals surface area contributed by atoms with Crippen LogP contribution in [-0.4, -0.2) is 6.21 Å². The summed E-state index contributed by atoms with van der Waals surface area (Å²) in [6.45, 7) is 0.899. The third-order valence-electron chi connectivity index (χ3n) is 4.89. The number of nitrogens with zero attached hydrogens (tertiary/aromatic N) is 1. The van der Waals surface area contributed by atoms with E-state index in [4.69, 9.17) is 27.9 Å². The lowest BCUT2D eigenvalue weighted by Crippen LogP contribution is -2.06. The fourth-order valence-electron chi connectivity index (χ4n) is 3.31. The van der Waals surface area contributed by atoms with E-state index in [9.17, 15) is 0 Å². The van der Waals surface area contributed by atoms with Gasteiger partial charge in [0.2, 0.25) is 0 Å². The van der Waals surface area contributed by atoms with Crippen LogP contribution in [0.3, 0.4) is 0 Å². The van der Waals surface area contributed by atoms with Gasteiger partial charge < -0.3 is 10.2 Å². The van der Waals surface area contributed by atoms with Crippen LogP contribution in [0.25, 0.3) is 10.8 Å². The topological polar surface area (TPSA) is 33.6 Å². The summed E-state index contributed by atoms with van der Waals surface area (Å²) in [6, 6.07) is 23.9. The lowest BCUT2D eigenvalue weighted by molar-refractivity contribution is 0.303. The van der Waals surface area contributed by atoms with E-state index in [2.05, 4.69) is 66.7 Å². The van der Waals surface area contributed by atoms with Crippen LogP contribution in [0.1, 0.15) is 16.7 Å². The quantitative estimate of drug-likeness (QED) is 0.173. The van der Waals surface area contributed by atoms with Crippen molar-refractivity contribution in [3.05, 3.63) is 108 Å². The second-order valence-corrected chi connectivity index (χ2v) is 9.56. The van der Waals surface area contributed by atoms with Crippen LogP contribution in [0, 0.1) is 0 Å². The number of halogens is 4. The number of benzene rings is 4. The van der Waals surface area contributed by atoms with Crippen LogP contribution in [-0.2, 0) is 13.2 Å². The van der Waals surface area contributed by atoms with Gasteiger partial charge in [0.25, 0.3) is 0 Å². The predicted molar refractivity (Wildman–Crippen MR) is 141 cm³/mol. The van der Waals surface area contributed by atoms with Crippen LogP contribution in [0.4, 0.5) is 0 Å². The zero-order valence-corrected chi connectivity index (χ0v) is 21.5. The summed E-state index contributed by atoms with van der Waals surface area (Å²) < 4.78 is 7.82. The molecule has 0 aliphatic carbocycles. The number of fused-ring (bicyclic) bond motifs is 1. The minimum Gasteiger partial charge on any atom is -0.487 e. The first-order valence-corrected chi connectivity index (χ1v) is 12.1. The van der Waals surface area contributed by atoms with Crippen molar-refractivity contribution in [1.29, 1.82) is 0 Å². The molecular formula is C25H18Br2Cl2N2O. The van der Waals surface area contributed by atoms with Crippen LogP contribution in [0.2, 0.25) is 10.0 Å². The summed E-state index contributed by atoms with van der Waals surface area (Å²) in [7, 11) is 0. The molecule has 0 unspecified atom stereocenters. The van der Waals surface area contributed by atoms with E-state index in [1.165, 1.54) is 10.8 Å². The van der Waals surface area contributed by atoms with E-state index in [0.717, 1.165) is 31.4 Å². The third-order valence-corrected chi connectivity index (χ3v) is 6.78. The Morgan fingerprint density at radius 1 is 0.875 bits per heavy atom. The van der Waals surface area contributed by atoms with Crippen LogP contribution < -0.4 is 10.2 Å². The standard InChI is InChI=1S/C25H18Br2Cl2N2O/c26-21-11-16(13-30-31-14-20-23(28)9-4-10-24(20)29)12-22(27)25(21)32-15-18-7-3-6-17-5-1-2-8-19(17)18/h1-13,31H,14-15H2/b30-13-. The minimum absolute atomic E-state index is 0.434. The van der Waals surface area contributed by atoms with Crippen LogP contribution in [0.15, 0.2) is 86.8 Å². The molecule has 4 aromatic rings. The first kappa shape index (κ1) is 23.1. The van der Waals surface area contributed by atoms with Crippen molar-refractivity contribution in [2.75, 3.05) is 0 Å². The molecule has 0 aliphatic rings. The van der Waals surface area contributed by atoms with Gasteiger partial charge in [0.15, 0.2) is 0 Å². The highest BCUT2D eigenvalue weighted by Gasteiger charge is 2.10. The number of hydrazone groups is 1. The molecule has 0 heterocycles. The molecule has 4 rings (SSSR count). The fraction of sp³-hybridized carbons (Fsp3) is 0.0800. The van der Waals surface area contributed by atoms with E-state index in [0.29, 0.717) is 23.2 Å². The molecule has 0 bridgehead atoms. The SMILES string of the molecule is Clc1cccc(Cl)c1CN/N=C\c1cc(Br)c(OCc2cccc3ccccc23)c(Br)c1. The molecule has 0 saturated carbocycles. The van der Waals surface area contributed by atoms with Crippen molar-refractivity contribution in [3.8, 4) is 5.75 Å². The van der Waals surface area contributed by atoms with E-state index < -0.39 is 0 Å². The maximum absolute atomic E-state index is 6.19. The maximum Gasteiger partial charge on any atom is 0.148 e. The van der Waals surface area contributed by atoms with E-state index in [1.54, 1.807) is 18.3 Å². The molecule has 3 nitrogen and oxygen atoms in total. The molecule has 0 fully saturated rings. The molecule has 0 amide bonds. The second-order valence-electron chi connectivity index (χ2n) is 7.03. The van der Waals surface area contributed by atoms with Gasteiger partial charge in [-0.05, 0) is 78.0 Å². The Morgan fingerprint density at radius 2 is 1.53 bits per heavy atom. The highest BCUT2D eigenvalue weighted by molar-refractivity contribution is 9.11. The van der Waals surface area contributed by atoms with Crippen molar-refractivity contribution >= 4 is 72.0 Å². The largest absolute Gasteiger partial charge is 0.487 e. The zero-order valence-electron chi connectivity index (χ0n) is 16.8. The molecule has 162 valence electrons. The molecule has 0 radical (unpaired) electrons. The van der Waals surface area contributed by atoms with Crippen LogP contribution in [0.5, 0.6) is 5.75 Å². The molecule has 7 heteroatoms. The molecule has 1 N–H and O–H groups in total. The Bertz CT molecular complexity index is 1250. The summed E-state index contributed by atoms with van der Waals surface area (Å²) in [6.07, 6.45) is 1.73. The maximum atomic E-state index is 6.19. The van der Waals surface area contributed by atoms with Gasteiger partial charge >= 0.3 is 0 Å². The smallest absolute Gasteiger partial charge is 0.148 e. The molecule has 0 aliphatic heterocycles. The van der Waals surface area contributed by atoms with Gasteiger partial charge in [0.1, 0.15) is 12.4 Å². The number of nitrogens with one attached hydrogen (secondary N) is 1. The predicted octanol–water partition coefficient (Wildman–Crippen LogP) is 8.37. The van der Waals surface area contributed by atoms with Gasteiger partial charge in [-0.3, -0.25) is 0 Å². The molecule has 32 heavy (non-hydrogen) atoms. The van der Waals surface area contributed by atoms with Gasteiger partial charge in [0.05, 0.1) is 21.7 Å². The fourth-order valence-corrected chi connectivity index (χ4v) is 5.29. The summed E-state index contributed by atoms with van der Waals surface area (Å²) in [5.74, 6) is 0.742. The van der Waals surface area contributed by atoms with Crippen molar-refractivity contribution < 1.29 is 4.74 Å². The Labute approximate surface area is 213 Å². The monoisotopic (exact) mass is 590 g/mol. The van der Waals surface area contributed by atoms with Crippen molar-refractivity contribution in [1.82, 2.24) is 5.43 Å². The first-order chi connectivity index (χ1) is 15.5. The van der Waals surface area contributed by atoms with Crippen molar-refractivity contribution in [3.63, 3.8) is 0 Å². The second kappa shape index (κ2) is 10.7. The Kier molecular flexibility index (Phi) is 7.74. The number of rotatable bonds is 7. The molecule has 4 aromatic carbocycles. The lowest BCUT2D eigenvalue weighted by atomic mass is 10.1. The summed E-state index contributed by atoms with van der Waals surface area (Å²) in [4.78, 5) is 0. The molecule has 0 atom stereocenters. The van der Waals surface area contributed by atoms with E-state index >= 15 is 0 Å². The minimum atomic E-state index is 0.434. The highest BCUT2D eigenvalue weighted by atomic mass is 79.9. The van der Waals surface area contributed by atoms with Gasteiger partial charge in [0, 0.05) is 15.6 Å². The molecule has 0 spiro atoms. The summed E-state index contributed by atoms with van der Waals surface area (Å²) in [5, 5.41) is 7.89. The van der Waals surface area contributed by atoms with Gasteiger partial charge in [-0.1, -0.05) is 71.7 Å². The molecular weight excluding hydrogens is 575 g/mol. The van der Waals surface area contributed by atoms with Gasteiger partial charge in [-0.25, -0.2) is 0 Å². The average Bonchev–Trinajstić information content (AvgIpc) is 2.78. The normalized spacial score (nSPS) is 11.2. The lowest BCUT2D eigenvalue weighted by Gasteiger charge is -2.13. The third kappa shape index (κ3) is 5.46. The number of hydrogen-bond acceptors (Lipinski definition) is 3. The highest BCUT2D eigenvalue weighted by Crippen LogP contribution is 2.35. The number of ether oxygens (including phenoxy) is 1. The zero-order chi connectivity index (χ0) is 22.5. The Hall–Kier alpha value is -2.05. The van der Waals surface area contributed by atoms with Crippen molar-refractivity contribution in [2.45, 2.75) is 13.2 Å². The van der Waals surface area contributed by atoms with Crippen molar-refractivity contribution in [2.24, 2.45) is 5.10 Å². The van der Waals surface area contributed by atoms with E-state index in [-0.39, 0.29) is 0 Å². The Morgan fingerprint density at radius 3 is 2.28 bits per heavy atom. The van der Waals surface area contributed by atoms with Crippen LogP contribution >= 0.6 is 55.1 Å². The first-order valence-electron chi connectivity index (χ1n) is 9.80.